The largest absolute Gasteiger partial charge is 0.337 e. The van der Waals surface area contributed by atoms with Gasteiger partial charge in [0.1, 0.15) is 16.5 Å². The van der Waals surface area contributed by atoms with Gasteiger partial charge in [0.2, 0.25) is 10.0 Å². The minimum Gasteiger partial charge on any atom is -0.337 e. The van der Waals surface area contributed by atoms with Crippen molar-refractivity contribution in [3.8, 4) is 0 Å². The Morgan fingerprint density at radius 1 is 1.06 bits per heavy atom. The van der Waals surface area contributed by atoms with Crippen molar-refractivity contribution in [1.29, 1.82) is 0 Å². The molecule has 168 valence electrons. The molecule has 1 aliphatic heterocycles. The monoisotopic (exact) mass is 451 g/mol. The number of hydrogen-bond donors (Lipinski definition) is 1. The third-order valence-corrected chi connectivity index (χ3v) is 7.43. The zero-order valence-corrected chi connectivity index (χ0v) is 18.7. The van der Waals surface area contributed by atoms with E-state index in [1.165, 1.54) is 4.90 Å². The Bertz CT molecular complexity index is 1070. The highest BCUT2D eigenvalue weighted by atomic mass is 32.2. The quantitative estimate of drug-likeness (QED) is 0.759. The van der Waals surface area contributed by atoms with Crippen LogP contribution in [0.4, 0.5) is 13.6 Å². The van der Waals surface area contributed by atoms with Crippen LogP contribution in [0.25, 0.3) is 0 Å². The Kier molecular flexibility index (Phi) is 6.66. The molecule has 0 radical (unpaired) electrons. The van der Waals surface area contributed by atoms with Gasteiger partial charge in [-0.15, -0.1) is 0 Å². The van der Waals surface area contributed by atoms with Crippen LogP contribution < -0.4 is 5.32 Å². The highest BCUT2D eigenvalue weighted by Gasteiger charge is 2.32. The first-order valence-electron chi connectivity index (χ1n) is 10.1. The molecule has 9 heteroatoms. The smallest absolute Gasteiger partial charge is 0.317 e. The van der Waals surface area contributed by atoms with E-state index in [9.17, 15) is 22.0 Å². The molecule has 0 spiro atoms. The average molecular weight is 452 g/mol. The van der Waals surface area contributed by atoms with Crippen molar-refractivity contribution in [2.24, 2.45) is 0 Å². The number of sulfonamides is 1. The number of urea groups is 1. The molecule has 1 heterocycles. The van der Waals surface area contributed by atoms with Crippen LogP contribution in [0.15, 0.2) is 47.4 Å². The van der Waals surface area contributed by atoms with E-state index in [1.807, 2.05) is 39.0 Å². The number of carbonyl (C=O) groups excluding carboxylic acids is 1. The Morgan fingerprint density at radius 2 is 1.74 bits per heavy atom. The van der Waals surface area contributed by atoms with E-state index in [1.54, 1.807) is 0 Å². The van der Waals surface area contributed by atoms with Gasteiger partial charge >= 0.3 is 6.03 Å². The maximum atomic E-state index is 14.0. The standard InChI is InChI=1S/C22H27F2N3O3S/c1-16-5-4-6-17(13-16)22(2,3)15-25-21(28)26-9-11-27(12-10-26)31(29,30)20-14-18(23)7-8-19(20)24/h4-8,13-14H,9-12,15H2,1-3H3,(H,25,28). The molecule has 0 saturated carbocycles. The van der Waals surface area contributed by atoms with Crippen LogP contribution in [0.5, 0.6) is 0 Å². The molecular weight excluding hydrogens is 424 g/mol. The third-order valence-electron chi connectivity index (χ3n) is 5.52. The van der Waals surface area contributed by atoms with Gasteiger partial charge < -0.3 is 10.2 Å². The van der Waals surface area contributed by atoms with Gasteiger partial charge in [0, 0.05) is 38.1 Å². The number of carbonyl (C=O) groups is 1. The minimum atomic E-state index is -4.18. The number of piperazine rings is 1. The van der Waals surface area contributed by atoms with E-state index >= 15 is 0 Å². The SMILES string of the molecule is Cc1cccc(C(C)(C)CNC(=O)N2CCN(S(=O)(=O)c3cc(F)ccc3F)CC2)c1. The van der Waals surface area contributed by atoms with Crippen LogP contribution >= 0.6 is 0 Å². The molecule has 2 amide bonds. The zero-order valence-electron chi connectivity index (χ0n) is 17.9. The number of hydrogen-bond acceptors (Lipinski definition) is 3. The first-order valence-corrected chi connectivity index (χ1v) is 11.5. The lowest BCUT2D eigenvalue weighted by atomic mass is 9.84. The van der Waals surface area contributed by atoms with Gasteiger partial charge in [-0.25, -0.2) is 22.0 Å². The van der Waals surface area contributed by atoms with Crippen LogP contribution in [0.2, 0.25) is 0 Å². The van der Waals surface area contributed by atoms with E-state index in [-0.39, 0.29) is 37.6 Å². The summed E-state index contributed by atoms with van der Waals surface area (Å²) in [6, 6.07) is 10.2. The summed E-state index contributed by atoms with van der Waals surface area (Å²) in [4.78, 5) is 13.4. The predicted molar refractivity (Wildman–Crippen MR) is 114 cm³/mol. The second-order valence-corrected chi connectivity index (χ2v) is 10.3. The molecule has 1 fully saturated rings. The average Bonchev–Trinajstić information content (AvgIpc) is 2.74. The fourth-order valence-electron chi connectivity index (χ4n) is 3.52. The van der Waals surface area contributed by atoms with E-state index in [0.717, 1.165) is 27.6 Å². The van der Waals surface area contributed by atoms with Crippen molar-refractivity contribution < 1.29 is 22.0 Å². The van der Waals surface area contributed by atoms with Gasteiger partial charge in [-0.05, 0) is 30.7 Å². The zero-order chi connectivity index (χ0) is 22.8. The Hall–Kier alpha value is -2.52. The van der Waals surface area contributed by atoms with Gasteiger partial charge in [0.15, 0.2) is 0 Å². The predicted octanol–water partition coefficient (Wildman–Crippen LogP) is 3.27. The van der Waals surface area contributed by atoms with Crippen molar-refractivity contribution >= 4 is 16.1 Å². The van der Waals surface area contributed by atoms with Crippen molar-refractivity contribution in [2.45, 2.75) is 31.1 Å². The number of nitrogens with one attached hydrogen (secondary N) is 1. The number of benzene rings is 2. The summed E-state index contributed by atoms with van der Waals surface area (Å²) in [5.74, 6) is -1.82. The summed E-state index contributed by atoms with van der Waals surface area (Å²) in [7, 11) is -4.18. The highest BCUT2D eigenvalue weighted by molar-refractivity contribution is 7.89. The van der Waals surface area contributed by atoms with Crippen molar-refractivity contribution in [1.82, 2.24) is 14.5 Å². The maximum Gasteiger partial charge on any atom is 0.317 e. The van der Waals surface area contributed by atoms with E-state index in [4.69, 9.17) is 0 Å². The molecule has 1 aliphatic rings. The molecule has 6 nitrogen and oxygen atoms in total. The fraction of sp³-hybridized carbons (Fsp3) is 0.409. The summed E-state index contributed by atoms with van der Waals surface area (Å²) in [5.41, 5.74) is 1.98. The van der Waals surface area contributed by atoms with E-state index < -0.39 is 26.6 Å². The maximum absolute atomic E-state index is 14.0. The summed E-state index contributed by atoms with van der Waals surface area (Å²) in [6.07, 6.45) is 0. The summed E-state index contributed by atoms with van der Waals surface area (Å²) in [6.45, 7) is 6.85. The number of halogens is 2. The first kappa shape index (κ1) is 23.1. The molecule has 0 unspecified atom stereocenters. The Morgan fingerprint density at radius 3 is 2.39 bits per heavy atom. The second kappa shape index (κ2) is 8.92. The van der Waals surface area contributed by atoms with Gasteiger partial charge in [-0.1, -0.05) is 43.7 Å². The summed E-state index contributed by atoms with van der Waals surface area (Å²) < 4.78 is 53.8. The molecule has 0 aromatic heterocycles. The van der Waals surface area contributed by atoms with Crippen molar-refractivity contribution in [2.75, 3.05) is 32.7 Å². The first-order chi connectivity index (χ1) is 14.5. The molecule has 1 saturated heterocycles. The topological polar surface area (TPSA) is 69.7 Å². The van der Waals surface area contributed by atoms with Crippen molar-refractivity contribution in [3.63, 3.8) is 0 Å². The Balaban J connectivity index is 1.59. The molecule has 0 aliphatic carbocycles. The highest BCUT2D eigenvalue weighted by Crippen LogP contribution is 2.24. The minimum absolute atomic E-state index is 0.00692. The fourth-order valence-corrected chi connectivity index (χ4v) is 5.02. The van der Waals surface area contributed by atoms with Crippen LogP contribution in [0.3, 0.4) is 0 Å². The van der Waals surface area contributed by atoms with Gasteiger partial charge in [0.25, 0.3) is 0 Å². The number of nitrogens with zero attached hydrogens (tertiary/aromatic N) is 2. The number of rotatable bonds is 5. The Labute approximate surface area is 181 Å². The van der Waals surface area contributed by atoms with Gasteiger partial charge in [-0.2, -0.15) is 4.31 Å². The van der Waals surface area contributed by atoms with Gasteiger partial charge in [0.05, 0.1) is 0 Å². The molecular formula is C22H27F2N3O3S. The van der Waals surface area contributed by atoms with E-state index in [0.29, 0.717) is 12.6 Å². The second-order valence-electron chi connectivity index (χ2n) is 8.38. The molecule has 31 heavy (non-hydrogen) atoms. The molecule has 0 bridgehead atoms. The molecule has 0 atom stereocenters. The molecule has 2 aromatic rings. The number of amides is 2. The van der Waals surface area contributed by atoms with E-state index in [2.05, 4.69) is 11.4 Å². The summed E-state index contributed by atoms with van der Waals surface area (Å²) >= 11 is 0. The summed E-state index contributed by atoms with van der Waals surface area (Å²) in [5, 5.41) is 2.92. The lowest BCUT2D eigenvalue weighted by molar-refractivity contribution is 0.170. The molecule has 1 N–H and O–H groups in total. The normalized spacial score (nSPS) is 15.7. The van der Waals surface area contributed by atoms with Crippen molar-refractivity contribution in [3.05, 3.63) is 65.2 Å². The molecule has 3 rings (SSSR count). The van der Waals surface area contributed by atoms with Crippen LogP contribution in [-0.2, 0) is 15.4 Å². The van der Waals surface area contributed by atoms with Crippen LogP contribution in [0, 0.1) is 18.6 Å². The van der Waals surface area contributed by atoms with Crippen LogP contribution in [-0.4, -0.2) is 56.4 Å². The number of aryl methyl sites for hydroxylation is 1. The lowest BCUT2D eigenvalue weighted by Crippen LogP contribution is -2.54. The lowest BCUT2D eigenvalue weighted by Gasteiger charge is -2.35. The third kappa shape index (κ3) is 5.22. The molecule has 2 aromatic carbocycles. The van der Waals surface area contributed by atoms with Crippen LogP contribution in [0.1, 0.15) is 25.0 Å². The van der Waals surface area contributed by atoms with Gasteiger partial charge in [-0.3, -0.25) is 0 Å².